The van der Waals surface area contributed by atoms with Crippen molar-refractivity contribution in [3.8, 4) is 0 Å². The van der Waals surface area contributed by atoms with Gasteiger partial charge in [-0.2, -0.15) is 13.2 Å². The number of anilines is 1. The molecule has 0 bridgehead atoms. The average molecular weight is 478 g/mol. The smallest absolute Gasteiger partial charge is 0.379 e. The summed E-state index contributed by atoms with van der Waals surface area (Å²) in [7, 11) is 0. The Balaban J connectivity index is 1.52. The van der Waals surface area contributed by atoms with E-state index in [1.807, 2.05) is 13.0 Å². The number of ether oxygens (including phenoxy) is 1. The molecule has 1 saturated heterocycles. The van der Waals surface area contributed by atoms with Gasteiger partial charge in [-0.15, -0.1) is 0 Å². The van der Waals surface area contributed by atoms with Crippen molar-refractivity contribution in [2.24, 2.45) is 0 Å². The Morgan fingerprint density at radius 1 is 1.09 bits per heavy atom. The lowest BCUT2D eigenvalue weighted by Crippen LogP contribution is -2.37. The van der Waals surface area contributed by atoms with Gasteiger partial charge < -0.3 is 14.6 Å². The molecule has 0 unspecified atom stereocenters. The van der Waals surface area contributed by atoms with Gasteiger partial charge in [0.05, 0.1) is 24.3 Å². The largest absolute Gasteiger partial charge is 0.416 e. The van der Waals surface area contributed by atoms with Gasteiger partial charge >= 0.3 is 6.18 Å². The number of benzene rings is 1. The molecule has 1 aromatic heterocycles. The van der Waals surface area contributed by atoms with Crippen LogP contribution >= 0.6 is 0 Å². The lowest BCUT2D eigenvalue weighted by atomic mass is 9.87. The summed E-state index contributed by atoms with van der Waals surface area (Å²) in [6, 6.07) is 6.77. The van der Waals surface area contributed by atoms with Gasteiger partial charge in [-0.3, -0.25) is 9.69 Å². The van der Waals surface area contributed by atoms with Crippen LogP contribution in [0.25, 0.3) is 0 Å². The van der Waals surface area contributed by atoms with Gasteiger partial charge in [0.25, 0.3) is 5.91 Å². The Kier molecular flexibility index (Phi) is 7.99. The summed E-state index contributed by atoms with van der Waals surface area (Å²) in [4.78, 5) is 15.5. The molecule has 4 rings (SSSR count). The predicted octanol–water partition coefficient (Wildman–Crippen LogP) is 5.84. The summed E-state index contributed by atoms with van der Waals surface area (Å²) in [6.45, 7) is 7.20. The summed E-state index contributed by atoms with van der Waals surface area (Å²) >= 11 is 0. The summed E-state index contributed by atoms with van der Waals surface area (Å²) < 4.78 is 47.0. The van der Waals surface area contributed by atoms with E-state index in [0.717, 1.165) is 76.5 Å². The molecular formula is C26H34F3N3O2. The monoisotopic (exact) mass is 477 g/mol. The van der Waals surface area contributed by atoms with Crippen molar-refractivity contribution in [1.29, 1.82) is 0 Å². The Hall–Kier alpha value is -2.32. The van der Waals surface area contributed by atoms with Gasteiger partial charge in [0, 0.05) is 43.3 Å². The third-order valence-electron chi connectivity index (χ3n) is 7.07. The van der Waals surface area contributed by atoms with Crippen LogP contribution < -0.4 is 5.32 Å². The highest BCUT2D eigenvalue weighted by Gasteiger charge is 2.31. The van der Waals surface area contributed by atoms with Crippen molar-refractivity contribution in [1.82, 2.24) is 9.47 Å². The fraction of sp³-hybridized carbons (Fsp3) is 0.577. The van der Waals surface area contributed by atoms with Crippen molar-refractivity contribution in [2.75, 3.05) is 38.2 Å². The maximum Gasteiger partial charge on any atom is 0.416 e. The maximum absolute atomic E-state index is 13.1. The van der Waals surface area contributed by atoms with Crippen molar-refractivity contribution in [3.05, 3.63) is 52.8 Å². The van der Waals surface area contributed by atoms with Gasteiger partial charge in [0.15, 0.2) is 0 Å². The van der Waals surface area contributed by atoms with Crippen LogP contribution in [0.15, 0.2) is 30.3 Å². The topological polar surface area (TPSA) is 46.5 Å². The standard InChI is InChI=1S/C26H34F3N3O2/c1-19-23(25(33)30-22-10-5-9-21(17-22)26(27,28)29)18-24(20-7-3-2-4-8-20)32(19)12-6-11-31-13-15-34-16-14-31/h5,9-10,17-18,20H,2-4,6-8,11-16H2,1H3,(H,30,33). The van der Waals surface area contributed by atoms with Crippen LogP contribution in [0, 0.1) is 6.92 Å². The van der Waals surface area contributed by atoms with Crippen LogP contribution in [0.4, 0.5) is 18.9 Å². The normalized spacial score (nSPS) is 18.2. The molecule has 8 heteroatoms. The van der Waals surface area contributed by atoms with Crippen molar-refractivity contribution in [2.45, 2.75) is 64.1 Å². The van der Waals surface area contributed by atoms with E-state index in [0.29, 0.717) is 11.5 Å². The zero-order valence-corrected chi connectivity index (χ0v) is 19.8. The molecule has 0 spiro atoms. The Morgan fingerprint density at radius 3 is 2.53 bits per heavy atom. The van der Waals surface area contributed by atoms with Gasteiger partial charge in [-0.25, -0.2) is 0 Å². The zero-order valence-electron chi connectivity index (χ0n) is 19.8. The maximum atomic E-state index is 13.1. The van der Waals surface area contributed by atoms with Crippen molar-refractivity contribution in [3.63, 3.8) is 0 Å². The number of carbonyl (C=O) groups excluding carboxylic acids is 1. The third-order valence-corrected chi connectivity index (χ3v) is 7.07. The molecule has 1 amide bonds. The average Bonchev–Trinajstić information content (AvgIpc) is 3.16. The first-order chi connectivity index (χ1) is 16.3. The van der Waals surface area contributed by atoms with E-state index < -0.39 is 11.7 Å². The first-order valence-corrected chi connectivity index (χ1v) is 12.3. The molecule has 1 aliphatic heterocycles. The minimum absolute atomic E-state index is 0.151. The van der Waals surface area contributed by atoms with Crippen molar-refractivity contribution < 1.29 is 22.7 Å². The highest BCUT2D eigenvalue weighted by molar-refractivity contribution is 6.05. The van der Waals surface area contributed by atoms with E-state index >= 15 is 0 Å². The molecule has 34 heavy (non-hydrogen) atoms. The van der Waals surface area contributed by atoms with E-state index in [1.165, 1.54) is 37.1 Å². The molecule has 2 aromatic rings. The number of nitrogens with zero attached hydrogens (tertiary/aromatic N) is 2. The second kappa shape index (κ2) is 11.0. The molecule has 2 aliphatic rings. The van der Waals surface area contributed by atoms with Crippen LogP contribution in [-0.2, 0) is 17.5 Å². The second-order valence-electron chi connectivity index (χ2n) is 9.40. The number of amides is 1. The third kappa shape index (κ3) is 6.02. The van der Waals surface area contributed by atoms with Crippen LogP contribution in [0.1, 0.15) is 71.8 Å². The molecule has 1 aromatic carbocycles. The predicted molar refractivity (Wildman–Crippen MR) is 126 cm³/mol. The molecule has 0 radical (unpaired) electrons. The number of alkyl halides is 3. The van der Waals surface area contributed by atoms with Crippen LogP contribution in [0.3, 0.4) is 0 Å². The zero-order chi connectivity index (χ0) is 24.1. The lowest BCUT2D eigenvalue weighted by Gasteiger charge is -2.27. The Morgan fingerprint density at radius 2 is 1.82 bits per heavy atom. The summed E-state index contributed by atoms with van der Waals surface area (Å²) in [5.41, 5.74) is 1.99. The first kappa shape index (κ1) is 24.8. The second-order valence-corrected chi connectivity index (χ2v) is 9.40. The van der Waals surface area contributed by atoms with Gasteiger partial charge in [-0.1, -0.05) is 25.3 Å². The van der Waals surface area contributed by atoms with E-state index in [9.17, 15) is 18.0 Å². The van der Waals surface area contributed by atoms with Crippen LogP contribution in [0.5, 0.6) is 0 Å². The minimum Gasteiger partial charge on any atom is -0.379 e. The first-order valence-electron chi connectivity index (χ1n) is 12.3. The number of morpholine rings is 1. The molecule has 1 N–H and O–H groups in total. The lowest BCUT2D eigenvalue weighted by molar-refractivity contribution is -0.137. The quantitative estimate of drug-likeness (QED) is 0.545. The van der Waals surface area contributed by atoms with E-state index in [1.54, 1.807) is 0 Å². The van der Waals surface area contributed by atoms with Crippen molar-refractivity contribution >= 4 is 11.6 Å². The molecular weight excluding hydrogens is 443 g/mol. The highest BCUT2D eigenvalue weighted by atomic mass is 19.4. The fourth-order valence-corrected chi connectivity index (χ4v) is 5.18. The summed E-state index contributed by atoms with van der Waals surface area (Å²) in [6.07, 6.45) is 2.38. The van der Waals surface area contributed by atoms with E-state index in [4.69, 9.17) is 4.74 Å². The molecule has 1 saturated carbocycles. The molecule has 2 fully saturated rings. The van der Waals surface area contributed by atoms with E-state index in [2.05, 4.69) is 14.8 Å². The molecule has 1 aliphatic carbocycles. The number of rotatable bonds is 7. The molecule has 2 heterocycles. The number of halogens is 3. The SMILES string of the molecule is Cc1c(C(=O)Nc2cccc(C(F)(F)F)c2)cc(C2CCCCC2)n1CCCN1CCOCC1. The van der Waals surface area contributed by atoms with Crippen LogP contribution in [0.2, 0.25) is 0 Å². The van der Waals surface area contributed by atoms with Crippen LogP contribution in [-0.4, -0.2) is 48.2 Å². The Labute approximate surface area is 199 Å². The number of nitrogens with one attached hydrogen (secondary N) is 1. The summed E-state index contributed by atoms with van der Waals surface area (Å²) in [5.74, 6) is 0.0618. The number of hydrogen-bond donors (Lipinski definition) is 1. The Bertz CT molecular complexity index is 974. The van der Waals surface area contributed by atoms with Gasteiger partial charge in [0.1, 0.15) is 0 Å². The number of hydrogen-bond acceptors (Lipinski definition) is 3. The molecule has 0 atom stereocenters. The molecule has 186 valence electrons. The number of aromatic nitrogens is 1. The van der Waals surface area contributed by atoms with E-state index in [-0.39, 0.29) is 11.6 Å². The minimum atomic E-state index is -4.45. The van der Waals surface area contributed by atoms with Gasteiger partial charge in [-0.05, 0) is 56.4 Å². The fourth-order valence-electron chi connectivity index (χ4n) is 5.18. The summed E-state index contributed by atoms with van der Waals surface area (Å²) in [5, 5.41) is 2.69. The molecule has 5 nitrogen and oxygen atoms in total. The number of carbonyl (C=O) groups is 1. The highest BCUT2D eigenvalue weighted by Crippen LogP contribution is 2.35. The van der Waals surface area contributed by atoms with Gasteiger partial charge in [0.2, 0.25) is 0 Å².